The molecule has 1 aliphatic rings. The molecule has 0 unspecified atom stereocenters. The van der Waals surface area contributed by atoms with Crippen LogP contribution in [-0.2, 0) is 11.3 Å². The molecule has 0 bridgehead atoms. The third kappa shape index (κ3) is 6.79. The van der Waals surface area contributed by atoms with E-state index >= 15 is 0 Å². The molecule has 1 amide bonds. The molecule has 0 saturated carbocycles. The van der Waals surface area contributed by atoms with Crippen LogP contribution in [0.25, 0.3) is 0 Å². The van der Waals surface area contributed by atoms with E-state index in [1.165, 1.54) is 11.3 Å². The van der Waals surface area contributed by atoms with Crippen molar-refractivity contribution < 1.29 is 4.79 Å². The Balaban J connectivity index is 0.00000162. The number of hydrogen-bond acceptors (Lipinski definition) is 4. The zero-order chi connectivity index (χ0) is 12.1. The lowest BCUT2D eigenvalue weighted by Gasteiger charge is -2.26. The van der Waals surface area contributed by atoms with Crippen LogP contribution in [0, 0.1) is 0 Å². The van der Waals surface area contributed by atoms with Crippen molar-refractivity contribution in [3.63, 3.8) is 0 Å². The summed E-state index contributed by atoms with van der Waals surface area (Å²) in [5, 5.41) is 6.17. The van der Waals surface area contributed by atoms with Crippen LogP contribution in [0.2, 0.25) is 4.34 Å². The fraction of sp³-hybridized carbons (Fsp3) is 0.545. The first kappa shape index (κ1) is 19.0. The first-order valence-electron chi connectivity index (χ1n) is 5.68. The maximum atomic E-state index is 11.7. The normalized spacial score (nSPS) is 15.2. The standard InChI is InChI=1S/C11H16ClN3OS.2ClH/c12-10-2-1-9(17-10)7-14-11(16)8-15-5-3-13-4-6-15;;/h1-2,13H,3-8H2,(H,14,16);2*1H. The van der Waals surface area contributed by atoms with Gasteiger partial charge in [-0.25, -0.2) is 0 Å². The molecule has 2 N–H and O–H groups in total. The number of nitrogens with one attached hydrogen (secondary N) is 2. The van der Waals surface area contributed by atoms with Crippen LogP contribution in [0.15, 0.2) is 12.1 Å². The zero-order valence-electron chi connectivity index (χ0n) is 10.4. The number of carbonyl (C=O) groups excluding carboxylic acids is 1. The van der Waals surface area contributed by atoms with E-state index in [2.05, 4.69) is 15.5 Å². The predicted octanol–water partition coefficient (Wildman–Crippen LogP) is 1.77. The Hall–Kier alpha value is -0.0400. The highest BCUT2D eigenvalue weighted by molar-refractivity contribution is 7.16. The van der Waals surface area contributed by atoms with E-state index in [0.717, 1.165) is 35.4 Å². The van der Waals surface area contributed by atoms with Gasteiger partial charge in [-0.2, -0.15) is 0 Å². The molecule has 110 valence electrons. The summed E-state index contributed by atoms with van der Waals surface area (Å²) < 4.78 is 0.761. The zero-order valence-corrected chi connectivity index (χ0v) is 13.6. The van der Waals surface area contributed by atoms with Crippen LogP contribution in [0.5, 0.6) is 0 Å². The summed E-state index contributed by atoms with van der Waals surface area (Å²) in [6, 6.07) is 3.79. The summed E-state index contributed by atoms with van der Waals surface area (Å²) in [4.78, 5) is 14.9. The monoisotopic (exact) mass is 345 g/mol. The molecule has 1 aliphatic heterocycles. The van der Waals surface area contributed by atoms with E-state index < -0.39 is 0 Å². The van der Waals surface area contributed by atoms with Gasteiger partial charge in [0.15, 0.2) is 0 Å². The van der Waals surface area contributed by atoms with Crippen LogP contribution < -0.4 is 10.6 Å². The van der Waals surface area contributed by atoms with E-state index in [1.54, 1.807) is 0 Å². The largest absolute Gasteiger partial charge is 0.350 e. The van der Waals surface area contributed by atoms with Gasteiger partial charge in [0, 0.05) is 31.1 Å². The average Bonchev–Trinajstić information content (AvgIpc) is 2.74. The van der Waals surface area contributed by atoms with Gasteiger partial charge < -0.3 is 10.6 Å². The number of thiophene rings is 1. The Morgan fingerprint density at radius 1 is 1.37 bits per heavy atom. The SMILES string of the molecule is Cl.Cl.O=C(CN1CCNCC1)NCc1ccc(Cl)s1. The Kier molecular flexibility index (Phi) is 9.78. The second-order valence-electron chi connectivity index (χ2n) is 4.01. The van der Waals surface area contributed by atoms with Gasteiger partial charge >= 0.3 is 0 Å². The molecule has 2 heterocycles. The average molecular weight is 347 g/mol. The van der Waals surface area contributed by atoms with E-state index in [-0.39, 0.29) is 30.7 Å². The molecule has 0 spiro atoms. The molecule has 8 heteroatoms. The third-order valence-corrected chi connectivity index (χ3v) is 3.90. The molecular formula is C11H18Cl3N3OS. The summed E-state index contributed by atoms with van der Waals surface area (Å²) >= 11 is 7.32. The lowest BCUT2D eigenvalue weighted by atomic mass is 10.3. The highest BCUT2D eigenvalue weighted by atomic mass is 35.5. The van der Waals surface area contributed by atoms with Crippen molar-refractivity contribution in [1.82, 2.24) is 15.5 Å². The highest BCUT2D eigenvalue weighted by Gasteiger charge is 2.13. The predicted molar refractivity (Wildman–Crippen MR) is 85.0 cm³/mol. The molecule has 0 aliphatic carbocycles. The summed E-state index contributed by atoms with van der Waals surface area (Å²) in [7, 11) is 0. The van der Waals surface area contributed by atoms with Gasteiger partial charge in [-0.15, -0.1) is 36.2 Å². The van der Waals surface area contributed by atoms with E-state index in [4.69, 9.17) is 11.6 Å². The summed E-state index contributed by atoms with van der Waals surface area (Å²) in [5.41, 5.74) is 0. The maximum Gasteiger partial charge on any atom is 0.234 e. The molecule has 0 radical (unpaired) electrons. The number of carbonyl (C=O) groups is 1. The summed E-state index contributed by atoms with van der Waals surface area (Å²) in [5.74, 6) is 0.0800. The highest BCUT2D eigenvalue weighted by Crippen LogP contribution is 2.20. The number of halogens is 3. The van der Waals surface area contributed by atoms with Crippen molar-refractivity contribution in [2.24, 2.45) is 0 Å². The summed E-state index contributed by atoms with van der Waals surface area (Å²) in [6.07, 6.45) is 0. The minimum Gasteiger partial charge on any atom is -0.350 e. The van der Waals surface area contributed by atoms with Crippen molar-refractivity contribution in [3.05, 3.63) is 21.3 Å². The van der Waals surface area contributed by atoms with Crippen molar-refractivity contribution in [2.75, 3.05) is 32.7 Å². The van der Waals surface area contributed by atoms with Gasteiger partial charge in [0.25, 0.3) is 0 Å². The molecule has 2 rings (SSSR count). The molecule has 1 saturated heterocycles. The number of piperazine rings is 1. The fourth-order valence-corrected chi connectivity index (χ4v) is 2.79. The maximum absolute atomic E-state index is 11.7. The molecule has 0 aromatic carbocycles. The Labute approximate surface area is 134 Å². The van der Waals surface area contributed by atoms with Crippen molar-refractivity contribution in [3.8, 4) is 0 Å². The van der Waals surface area contributed by atoms with Crippen LogP contribution in [0.4, 0.5) is 0 Å². The van der Waals surface area contributed by atoms with Crippen LogP contribution in [-0.4, -0.2) is 43.5 Å². The molecule has 1 aromatic heterocycles. The number of hydrogen-bond donors (Lipinski definition) is 2. The molecule has 1 aromatic rings. The van der Waals surface area contributed by atoms with Crippen LogP contribution in [0.1, 0.15) is 4.88 Å². The molecular weight excluding hydrogens is 329 g/mol. The van der Waals surface area contributed by atoms with Crippen molar-refractivity contribution in [1.29, 1.82) is 0 Å². The molecule has 19 heavy (non-hydrogen) atoms. The van der Waals surface area contributed by atoms with E-state index in [9.17, 15) is 4.79 Å². The first-order valence-corrected chi connectivity index (χ1v) is 6.87. The second-order valence-corrected chi connectivity index (χ2v) is 5.81. The van der Waals surface area contributed by atoms with Gasteiger partial charge in [0.2, 0.25) is 5.91 Å². The Bertz CT molecular complexity index is 383. The minimum absolute atomic E-state index is 0. The lowest BCUT2D eigenvalue weighted by molar-refractivity contribution is -0.122. The molecule has 4 nitrogen and oxygen atoms in total. The minimum atomic E-state index is 0. The topological polar surface area (TPSA) is 44.4 Å². The van der Waals surface area contributed by atoms with Crippen LogP contribution in [0.3, 0.4) is 0 Å². The number of amides is 1. The van der Waals surface area contributed by atoms with Crippen LogP contribution >= 0.6 is 47.8 Å². The molecule has 1 fully saturated rings. The Morgan fingerprint density at radius 3 is 2.63 bits per heavy atom. The third-order valence-electron chi connectivity index (χ3n) is 2.67. The Morgan fingerprint density at radius 2 is 2.05 bits per heavy atom. The van der Waals surface area contributed by atoms with Gasteiger partial charge in [-0.05, 0) is 12.1 Å². The number of nitrogens with zero attached hydrogens (tertiary/aromatic N) is 1. The van der Waals surface area contributed by atoms with E-state index in [1.807, 2.05) is 12.1 Å². The van der Waals surface area contributed by atoms with Gasteiger partial charge in [-0.1, -0.05) is 11.6 Å². The smallest absolute Gasteiger partial charge is 0.234 e. The summed E-state index contributed by atoms with van der Waals surface area (Å²) in [6.45, 7) is 4.88. The second kappa shape index (κ2) is 9.80. The first-order chi connectivity index (χ1) is 8.24. The van der Waals surface area contributed by atoms with Gasteiger partial charge in [0.1, 0.15) is 0 Å². The lowest BCUT2D eigenvalue weighted by Crippen LogP contribution is -2.47. The van der Waals surface area contributed by atoms with Crippen molar-refractivity contribution >= 4 is 53.7 Å². The van der Waals surface area contributed by atoms with Gasteiger partial charge in [-0.3, -0.25) is 9.69 Å². The number of rotatable bonds is 4. The van der Waals surface area contributed by atoms with E-state index in [0.29, 0.717) is 13.1 Å². The molecule has 0 atom stereocenters. The quantitative estimate of drug-likeness (QED) is 0.873. The van der Waals surface area contributed by atoms with Gasteiger partial charge in [0.05, 0.1) is 17.4 Å². The van der Waals surface area contributed by atoms with Crippen molar-refractivity contribution in [2.45, 2.75) is 6.54 Å². The fourth-order valence-electron chi connectivity index (χ4n) is 1.76.